The van der Waals surface area contributed by atoms with Gasteiger partial charge in [0.1, 0.15) is 23.5 Å². The highest BCUT2D eigenvalue weighted by Crippen LogP contribution is 2.44. The first kappa shape index (κ1) is 25.4. The number of rotatable bonds is 4. The SMILES string of the molecule is c1ccc(-c2cccc(-c3nc(-c4cccc5c4-c4ccccc4CO5)nc(-c4cccc5c4oc4ccccc45)n3)c2)cc1. The van der Waals surface area contributed by atoms with E-state index in [0.29, 0.717) is 24.1 Å². The van der Waals surface area contributed by atoms with Crippen molar-refractivity contribution < 1.29 is 9.15 Å². The van der Waals surface area contributed by atoms with E-state index in [0.717, 1.165) is 72.2 Å². The Morgan fingerprint density at radius 1 is 0.467 bits per heavy atom. The summed E-state index contributed by atoms with van der Waals surface area (Å²) in [5, 5.41) is 2.09. The largest absolute Gasteiger partial charge is 0.488 e. The number of aromatic nitrogens is 3. The summed E-state index contributed by atoms with van der Waals surface area (Å²) in [6.07, 6.45) is 0. The summed E-state index contributed by atoms with van der Waals surface area (Å²) >= 11 is 0. The van der Waals surface area contributed by atoms with E-state index in [-0.39, 0.29) is 0 Å². The van der Waals surface area contributed by atoms with Gasteiger partial charge in [0.15, 0.2) is 17.5 Å². The minimum Gasteiger partial charge on any atom is -0.488 e. The summed E-state index contributed by atoms with van der Waals surface area (Å²) in [6.45, 7) is 0.528. The lowest BCUT2D eigenvalue weighted by molar-refractivity contribution is 0.302. The van der Waals surface area contributed by atoms with Crippen molar-refractivity contribution in [2.45, 2.75) is 6.61 Å². The maximum atomic E-state index is 6.42. The molecule has 0 fully saturated rings. The molecule has 1 aliphatic rings. The Morgan fingerprint density at radius 2 is 1.11 bits per heavy atom. The molecule has 5 heteroatoms. The van der Waals surface area contributed by atoms with Crippen molar-refractivity contribution in [3.8, 4) is 62.2 Å². The quantitative estimate of drug-likeness (QED) is 0.208. The molecule has 212 valence electrons. The fourth-order valence-corrected chi connectivity index (χ4v) is 6.30. The Hall–Kier alpha value is -6.07. The van der Waals surface area contributed by atoms with E-state index in [9.17, 15) is 0 Å². The third-order valence-electron chi connectivity index (χ3n) is 8.45. The second-order valence-electron chi connectivity index (χ2n) is 11.2. The Morgan fingerprint density at radius 3 is 2.04 bits per heavy atom. The molecule has 0 N–H and O–H groups in total. The van der Waals surface area contributed by atoms with Crippen LogP contribution in [-0.4, -0.2) is 15.0 Å². The monoisotopic (exact) mass is 579 g/mol. The van der Waals surface area contributed by atoms with Crippen molar-refractivity contribution in [2.24, 2.45) is 0 Å². The number of fused-ring (bicyclic) bond motifs is 6. The van der Waals surface area contributed by atoms with Crippen LogP contribution in [0.5, 0.6) is 5.75 Å². The predicted molar refractivity (Wildman–Crippen MR) is 179 cm³/mol. The van der Waals surface area contributed by atoms with Crippen LogP contribution < -0.4 is 4.74 Å². The second-order valence-corrected chi connectivity index (χ2v) is 11.2. The smallest absolute Gasteiger partial charge is 0.167 e. The van der Waals surface area contributed by atoms with Crippen LogP contribution in [0.15, 0.2) is 144 Å². The molecule has 5 nitrogen and oxygen atoms in total. The van der Waals surface area contributed by atoms with Crippen molar-refractivity contribution in [2.75, 3.05) is 0 Å². The predicted octanol–water partition coefficient (Wildman–Crippen LogP) is 10.00. The van der Waals surface area contributed by atoms with Crippen LogP contribution in [0.1, 0.15) is 5.56 Å². The number of furan rings is 1. The van der Waals surface area contributed by atoms with Gasteiger partial charge >= 0.3 is 0 Å². The number of para-hydroxylation sites is 2. The molecule has 0 amide bonds. The van der Waals surface area contributed by atoms with Crippen LogP contribution in [0.2, 0.25) is 0 Å². The molecule has 0 bridgehead atoms. The number of hydrogen-bond donors (Lipinski definition) is 0. The van der Waals surface area contributed by atoms with E-state index in [1.54, 1.807) is 0 Å². The van der Waals surface area contributed by atoms with Crippen LogP contribution in [0.25, 0.3) is 78.4 Å². The van der Waals surface area contributed by atoms with Gasteiger partial charge in [-0.15, -0.1) is 0 Å². The van der Waals surface area contributed by atoms with Gasteiger partial charge in [0.25, 0.3) is 0 Å². The number of nitrogens with zero attached hydrogens (tertiary/aromatic N) is 3. The van der Waals surface area contributed by atoms with Gasteiger partial charge in [-0.3, -0.25) is 0 Å². The van der Waals surface area contributed by atoms with Gasteiger partial charge in [0.2, 0.25) is 0 Å². The van der Waals surface area contributed by atoms with Gasteiger partial charge in [-0.1, -0.05) is 115 Å². The van der Waals surface area contributed by atoms with Gasteiger partial charge in [-0.2, -0.15) is 0 Å². The molecular weight excluding hydrogens is 554 g/mol. The first-order valence-electron chi connectivity index (χ1n) is 15.0. The van der Waals surface area contributed by atoms with Crippen LogP contribution in [0.3, 0.4) is 0 Å². The zero-order valence-corrected chi connectivity index (χ0v) is 24.1. The molecule has 9 rings (SSSR count). The molecule has 0 spiro atoms. The van der Waals surface area contributed by atoms with Crippen molar-refractivity contribution >= 4 is 21.9 Å². The highest BCUT2D eigenvalue weighted by molar-refractivity contribution is 6.09. The standard InChI is InChI=1S/C40H25N3O2/c1-2-11-25(12-3-1)26-14-8-15-27(23-26)38-41-39(32-19-10-22-35-36(32)29-16-5-4-13-28(29)24-44-35)43-40(42-38)33-20-9-18-31-30-17-6-7-21-34(30)45-37(31)33/h1-23H,24H2. The minimum atomic E-state index is 0.528. The van der Waals surface area contributed by atoms with Crippen molar-refractivity contribution in [1.82, 2.24) is 15.0 Å². The summed E-state index contributed by atoms with van der Waals surface area (Å²) < 4.78 is 12.6. The zero-order valence-electron chi connectivity index (χ0n) is 24.1. The normalized spacial score (nSPS) is 12.1. The van der Waals surface area contributed by atoms with E-state index in [1.165, 1.54) is 0 Å². The molecule has 8 aromatic rings. The average molecular weight is 580 g/mol. The lowest BCUT2D eigenvalue weighted by Gasteiger charge is -2.23. The maximum Gasteiger partial charge on any atom is 0.167 e. The number of hydrogen-bond acceptors (Lipinski definition) is 5. The van der Waals surface area contributed by atoms with Gasteiger partial charge in [-0.05, 0) is 46.5 Å². The molecule has 0 radical (unpaired) electrons. The summed E-state index contributed by atoms with van der Waals surface area (Å²) in [5.41, 5.74) is 9.66. The fraction of sp³-hybridized carbons (Fsp3) is 0.0250. The summed E-state index contributed by atoms with van der Waals surface area (Å²) in [5.74, 6) is 2.53. The average Bonchev–Trinajstić information content (AvgIpc) is 3.50. The number of ether oxygens (including phenoxy) is 1. The van der Waals surface area contributed by atoms with Gasteiger partial charge in [0.05, 0.1) is 5.56 Å². The molecule has 45 heavy (non-hydrogen) atoms. The molecule has 0 unspecified atom stereocenters. The third kappa shape index (κ3) is 4.28. The van der Waals surface area contributed by atoms with Crippen LogP contribution in [0, 0.1) is 0 Å². The van der Waals surface area contributed by atoms with Crippen LogP contribution >= 0.6 is 0 Å². The van der Waals surface area contributed by atoms with E-state index >= 15 is 0 Å². The molecular formula is C40H25N3O2. The topological polar surface area (TPSA) is 61.0 Å². The minimum absolute atomic E-state index is 0.528. The first-order valence-corrected chi connectivity index (χ1v) is 15.0. The van der Waals surface area contributed by atoms with Crippen molar-refractivity contribution in [3.63, 3.8) is 0 Å². The van der Waals surface area contributed by atoms with Crippen molar-refractivity contribution in [1.29, 1.82) is 0 Å². The summed E-state index contributed by atoms with van der Waals surface area (Å²) in [6, 6.07) is 47.4. The Balaban J connectivity index is 1.30. The maximum absolute atomic E-state index is 6.42. The Bertz CT molecular complexity index is 2390. The van der Waals surface area contributed by atoms with Crippen LogP contribution in [0.4, 0.5) is 0 Å². The zero-order chi connectivity index (χ0) is 29.7. The number of benzene rings is 6. The van der Waals surface area contributed by atoms with Gasteiger partial charge < -0.3 is 9.15 Å². The fourth-order valence-electron chi connectivity index (χ4n) is 6.30. The molecule has 2 aromatic heterocycles. The van der Waals surface area contributed by atoms with Crippen molar-refractivity contribution in [3.05, 3.63) is 145 Å². The molecule has 0 atom stereocenters. The molecule has 0 saturated heterocycles. The second kappa shape index (κ2) is 10.3. The Kier molecular flexibility index (Phi) is 5.81. The molecule has 0 aliphatic carbocycles. The molecule has 6 aromatic carbocycles. The lowest BCUT2D eigenvalue weighted by atomic mass is 9.92. The summed E-state index contributed by atoms with van der Waals surface area (Å²) in [7, 11) is 0. The molecule has 1 aliphatic heterocycles. The van der Waals surface area contributed by atoms with Crippen LogP contribution in [-0.2, 0) is 6.61 Å². The summed E-state index contributed by atoms with van der Waals surface area (Å²) in [4.78, 5) is 15.4. The molecule has 3 heterocycles. The first-order chi connectivity index (χ1) is 22.3. The van der Waals surface area contributed by atoms with E-state index in [4.69, 9.17) is 24.1 Å². The Labute approximate surface area is 259 Å². The van der Waals surface area contributed by atoms with E-state index in [1.807, 2.05) is 66.7 Å². The van der Waals surface area contributed by atoms with E-state index in [2.05, 4.69) is 72.8 Å². The highest BCUT2D eigenvalue weighted by atomic mass is 16.5. The van der Waals surface area contributed by atoms with Gasteiger partial charge in [-0.25, -0.2) is 15.0 Å². The third-order valence-corrected chi connectivity index (χ3v) is 8.45. The van der Waals surface area contributed by atoms with Gasteiger partial charge in [0, 0.05) is 27.5 Å². The van der Waals surface area contributed by atoms with E-state index < -0.39 is 0 Å². The highest BCUT2D eigenvalue weighted by Gasteiger charge is 2.24. The lowest BCUT2D eigenvalue weighted by Crippen LogP contribution is -2.07. The molecule has 0 saturated carbocycles.